The van der Waals surface area contributed by atoms with Crippen molar-refractivity contribution in [2.24, 2.45) is 13.0 Å². The van der Waals surface area contributed by atoms with Crippen molar-refractivity contribution in [1.29, 1.82) is 5.26 Å². The van der Waals surface area contributed by atoms with Crippen LogP contribution in [0, 0.1) is 24.2 Å². The van der Waals surface area contributed by atoms with E-state index in [1.54, 1.807) is 0 Å². The Morgan fingerprint density at radius 2 is 2.25 bits per heavy atom. The zero-order valence-corrected chi connectivity index (χ0v) is 10.2. The summed E-state index contributed by atoms with van der Waals surface area (Å²) < 4.78 is 1.83. The largest absolute Gasteiger partial charge is 0.356 e. The molecule has 0 unspecified atom stereocenters. The van der Waals surface area contributed by atoms with Crippen molar-refractivity contribution in [1.82, 2.24) is 9.78 Å². The van der Waals surface area contributed by atoms with E-state index in [-0.39, 0.29) is 0 Å². The Balaban J connectivity index is 2.32. The van der Waals surface area contributed by atoms with Gasteiger partial charge in [0, 0.05) is 20.1 Å². The molecule has 0 saturated heterocycles. The molecule has 0 bridgehead atoms. The molecule has 0 N–H and O–H groups in total. The number of hydrogen-bond donors (Lipinski definition) is 0. The number of nitriles is 1. The van der Waals surface area contributed by atoms with E-state index >= 15 is 0 Å². The van der Waals surface area contributed by atoms with Gasteiger partial charge in [0.25, 0.3) is 0 Å². The molecule has 0 aliphatic heterocycles. The highest BCUT2D eigenvalue weighted by atomic mass is 15.4. The average Bonchev–Trinajstić information content (AvgIpc) is 3.01. The minimum atomic E-state index is 0.727. The monoisotopic (exact) mass is 218 g/mol. The summed E-state index contributed by atoms with van der Waals surface area (Å²) in [6, 6.07) is 2.27. The number of aromatic nitrogens is 2. The molecule has 1 aliphatic carbocycles. The highest BCUT2D eigenvalue weighted by molar-refractivity contribution is 5.57. The number of aryl methyl sites for hydroxylation is 2. The number of nitrogens with zero attached hydrogens (tertiary/aromatic N) is 4. The first kappa shape index (κ1) is 11.0. The number of rotatable bonds is 4. The van der Waals surface area contributed by atoms with Crippen LogP contribution < -0.4 is 4.90 Å². The van der Waals surface area contributed by atoms with Gasteiger partial charge in [0.1, 0.15) is 17.5 Å². The lowest BCUT2D eigenvalue weighted by Gasteiger charge is -2.23. The van der Waals surface area contributed by atoms with Gasteiger partial charge in [-0.15, -0.1) is 0 Å². The average molecular weight is 218 g/mol. The van der Waals surface area contributed by atoms with Crippen LogP contribution in [0.2, 0.25) is 0 Å². The van der Waals surface area contributed by atoms with Gasteiger partial charge in [-0.3, -0.25) is 4.68 Å². The summed E-state index contributed by atoms with van der Waals surface area (Å²) in [4.78, 5) is 2.27. The third-order valence-corrected chi connectivity index (χ3v) is 3.16. The summed E-state index contributed by atoms with van der Waals surface area (Å²) in [6.45, 7) is 6.02. The topological polar surface area (TPSA) is 44.9 Å². The molecule has 16 heavy (non-hydrogen) atoms. The molecule has 2 rings (SSSR count). The molecule has 1 aromatic rings. The van der Waals surface area contributed by atoms with Crippen LogP contribution >= 0.6 is 0 Å². The molecule has 86 valence electrons. The first-order chi connectivity index (χ1) is 7.67. The van der Waals surface area contributed by atoms with Gasteiger partial charge in [-0.25, -0.2) is 0 Å². The smallest absolute Gasteiger partial charge is 0.144 e. The standard InChI is InChI=1S/C12H18N4/c1-4-16(8-10-5-6-10)12-11(7-13)9(2)14-15(12)3/h10H,4-6,8H2,1-3H3. The Kier molecular flexibility index (Phi) is 2.86. The quantitative estimate of drug-likeness (QED) is 0.774. The molecule has 4 heteroatoms. The predicted molar refractivity (Wildman–Crippen MR) is 63.3 cm³/mol. The van der Waals surface area contributed by atoms with Crippen molar-refractivity contribution in [2.45, 2.75) is 26.7 Å². The van der Waals surface area contributed by atoms with Crippen molar-refractivity contribution in [3.8, 4) is 6.07 Å². The molecule has 0 atom stereocenters. The van der Waals surface area contributed by atoms with Gasteiger partial charge < -0.3 is 4.90 Å². The van der Waals surface area contributed by atoms with Crippen LogP contribution in [0.1, 0.15) is 31.0 Å². The highest BCUT2D eigenvalue weighted by Gasteiger charge is 2.27. The third kappa shape index (κ3) is 1.90. The van der Waals surface area contributed by atoms with Crippen molar-refractivity contribution >= 4 is 5.82 Å². The van der Waals surface area contributed by atoms with Crippen LogP contribution in [0.25, 0.3) is 0 Å². The van der Waals surface area contributed by atoms with E-state index in [0.29, 0.717) is 0 Å². The van der Waals surface area contributed by atoms with Crippen molar-refractivity contribution < 1.29 is 0 Å². The van der Waals surface area contributed by atoms with Crippen molar-refractivity contribution in [2.75, 3.05) is 18.0 Å². The van der Waals surface area contributed by atoms with Gasteiger partial charge in [-0.2, -0.15) is 10.4 Å². The Bertz CT molecular complexity index is 423. The van der Waals surface area contributed by atoms with E-state index in [2.05, 4.69) is 23.0 Å². The fourth-order valence-corrected chi connectivity index (χ4v) is 2.12. The van der Waals surface area contributed by atoms with Crippen molar-refractivity contribution in [3.05, 3.63) is 11.3 Å². The molecular weight excluding hydrogens is 200 g/mol. The lowest BCUT2D eigenvalue weighted by Crippen LogP contribution is -2.28. The van der Waals surface area contributed by atoms with E-state index in [0.717, 1.165) is 36.1 Å². The van der Waals surface area contributed by atoms with Gasteiger partial charge in [-0.05, 0) is 32.6 Å². The molecule has 1 heterocycles. The first-order valence-corrected chi connectivity index (χ1v) is 5.86. The normalized spacial score (nSPS) is 14.9. The van der Waals surface area contributed by atoms with Crippen LogP contribution in [-0.4, -0.2) is 22.9 Å². The molecule has 1 fully saturated rings. The van der Waals surface area contributed by atoms with E-state index in [1.807, 2.05) is 18.7 Å². The summed E-state index contributed by atoms with van der Waals surface area (Å²) in [5, 5.41) is 13.5. The minimum absolute atomic E-state index is 0.727. The summed E-state index contributed by atoms with van der Waals surface area (Å²) >= 11 is 0. The second-order valence-electron chi connectivity index (χ2n) is 4.50. The molecule has 0 amide bonds. The van der Waals surface area contributed by atoms with Crippen LogP contribution in [-0.2, 0) is 7.05 Å². The fourth-order valence-electron chi connectivity index (χ4n) is 2.12. The van der Waals surface area contributed by atoms with E-state index < -0.39 is 0 Å². The lowest BCUT2D eigenvalue weighted by molar-refractivity contribution is 0.677. The molecule has 1 aliphatic rings. The molecule has 1 aromatic heterocycles. The maximum Gasteiger partial charge on any atom is 0.144 e. The molecule has 0 spiro atoms. The zero-order chi connectivity index (χ0) is 11.7. The molecular formula is C12H18N4. The molecule has 4 nitrogen and oxygen atoms in total. The second-order valence-corrected chi connectivity index (χ2v) is 4.50. The maximum absolute atomic E-state index is 9.18. The SMILES string of the molecule is CCN(CC1CC1)c1c(C#N)c(C)nn1C. The molecule has 1 saturated carbocycles. The maximum atomic E-state index is 9.18. The summed E-state index contributed by atoms with van der Waals surface area (Å²) in [5.74, 6) is 1.80. The number of hydrogen-bond acceptors (Lipinski definition) is 3. The van der Waals surface area contributed by atoms with Gasteiger partial charge in [0.05, 0.1) is 5.69 Å². The van der Waals surface area contributed by atoms with E-state index in [1.165, 1.54) is 12.8 Å². The molecule has 0 aromatic carbocycles. The van der Waals surface area contributed by atoms with Gasteiger partial charge in [0.2, 0.25) is 0 Å². The van der Waals surface area contributed by atoms with Crippen LogP contribution in [0.3, 0.4) is 0 Å². The Morgan fingerprint density at radius 1 is 1.56 bits per heavy atom. The zero-order valence-electron chi connectivity index (χ0n) is 10.2. The molecule has 0 radical (unpaired) electrons. The fraction of sp³-hybridized carbons (Fsp3) is 0.667. The summed E-state index contributed by atoms with van der Waals surface area (Å²) in [7, 11) is 1.92. The number of anilines is 1. The van der Waals surface area contributed by atoms with E-state index in [4.69, 9.17) is 0 Å². The van der Waals surface area contributed by atoms with Crippen LogP contribution in [0.4, 0.5) is 5.82 Å². The Labute approximate surface area is 96.5 Å². The van der Waals surface area contributed by atoms with Gasteiger partial charge >= 0.3 is 0 Å². The van der Waals surface area contributed by atoms with Gasteiger partial charge in [0.15, 0.2) is 0 Å². The Hall–Kier alpha value is -1.50. The predicted octanol–water partition coefficient (Wildman–Crippen LogP) is 1.84. The lowest BCUT2D eigenvalue weighted by atomic mass is 10.2. The summed E-state index contributed by atoms with van der Waals surface area (Å²) in [5.41, 5.74) is 1.55. The second kappa shape index (κ2) is 4.17. The minimum Gasteiger partial charge on any atom is -0.356 e. The van der Waals surface area contributed by atoms with E-state index in [9.17, 15) is 5.26 Å². The first-order valence-electron chi connectivity index (χ1n) is 5.86. The van der Waals surface area contributed by atoms with Crippen LogP contribution in [0.15, 0.2) is 0 Å². The van der Waals surface area contributed by atoms with Crippen LogP contribution in [0.5, 0.6) is 0 Å². The highest BCUT2D eigenvalue weighted by Crippen LogP contribution is 2.32. The van der Waals surface area contributed by atoms with Gasteiger partial charge in [-0.1, -0.05) is 0 Å². The Morgan fingerprint density at radius 3 is 2.75 bits per heavy atom. The van der Waals surface area contributed by atoms with Crippen molar-refractivity contribution in [3.63, 3.8) is 0 Å². The summed E-state index contributed by atoms with van der Waals surface area (Å²) in [6.07, 6.45) is 2.66. The third-order valence-electron chi connectivity index (χ3n) is 3.16.